The van der Waals surface area contributed by atoms with Crippen LogP contribution in [0.25, 0.3) is 0 Å². The normalized spacial score (nSPS) is 17.0. The first-order valence-electron chi connectivity index (χ1n) is 6.62. The predicted octanol–water partition coefficient (Wildman–Crippen LogP) is 0.746. The van der Waals surface area contributed by atoms with Crippen LogP contribution in [0.1, 0.15) is 12.8 Å². The van der Waals surface area contributed by atoms with Crippen molar-refractivity contribution in [3.63, 3.8) is 0 Å². The van der Waals surface area contributed by atoms with Gasteiger partial charge >= 0.3 is 0 Å². The lowest BCUT2D eigenvalue weighted by molar-refractivity contribution is 0.0981. The first kappa shape index (κ1) is 15.1. The van der Waals surface area contributed by atoms with Crippen molar-refractivity contribution in [1.29, 1.82) is 0 Å². The molecule has 3 N–H and O–H groups in total. The lowest BCUT2D eigenvalue weighted by atomic mass is 10.2. The number of hydrogen-bond donors (Lipinski definition) is 2. The van der Waals surface area contributed by atoms with E-state index < -0.39 is 10.0 Å². The smallest absolute Gasteiger partial charge is 0.214 e. The third-order valence-electron chi connectivity index (χ3n) is 3.16. The summed E-state index contributed by atoms with van der Waals surface area (Å²) in [6, 6.07) is 6.98. The summed E-state index contributed by atoms with van der Waals surface area (Å²) < 4.78 is 37.2. The molecular formula is C13H20N2O4S. The zero-order valence-electron chi connectivity index (χ0n) is 11.2. The average Bonchev–Trinajstić information content (AvgIpc) is 2.46. The zero-order valence-corrected chi connectivity index (χ0v) is 12.1. The molecule has 6 nitrogen and oxygen atoms in total. The Morgan fingerprint density at radius 3 is 2.55 bits per heavy atom. The molecule has 1 heterocycles. The Hall–Kier alpha value is -1.31. The molecule has 20 heavy (non-hydrogen) atoms. The second-order valence-electron chi connectivity index (χ2n) is 4.67. The fourth-order valence-corrected chi connectivity index (χ4v) is 3.44. The molecule has 0 radical (unpaired) electrons. The molecule has 112 valence electrons. The first-order chi connectivity index (χ1) is 9.58. The van der Waals surface area contributed by atoms with E-state index in [1.165, 1.54) is 0 Å². The van der Waals surface area contributed by atoms with Crippen LogP contribution in [0.3, 0.4) is 0 Å². The maximum absolute atomic E-state index is 12.0. The summed E-state index contributed by atoms with van der Waals surface area (Å²) >= 11 is 0. The Kier molecular flexibility index (Phi) is 5.22. The topological polar surface area (TPSA) is 90.6 Å². The third kappa shape index (κ3) is 4.36. The van der Waals surface area contributed by atoms with E-state index in [0.717, 1.165) is 0 Å². The Labute approximate surface area is 119 Å². The SMILES string of the molecule is Nc1ccc(OCCNS(=O)(=O)C2CCOCC2)cc1. The molecule has 0 unspecified atom stereocenters. The molecule has 0 atom stereocenters. The van der Waals surface area contributed by atoms with E-state index in [0.29, 0.717) is 37.5 Å². The van der Waals surface area contributed by atoms with Gasteiger partial charge in [0.25, 0.3) is 0 Å². The minimum atomic E-state index is -3.27. The minimum Gasteiger partial charge on any atom is -0.492 e. The average molecular weight is 300 g/mol. The van der Waals surface area contributed by atoms with E-state index in [4.69, 9.17) is 15.2 Å². The maximum Gasteiger partial charge on any atom is 0.214 e. The van der Waals surface area contributed by atoms with Gasteiger partial charge in [-0.05, 0) is 37.1 Å². The Morgan fingerprint density at radius 2 is 1.90 bits per heavy atom. The molecule has 7 heteroatoms. The highest BCUT2D eigenvalue weighted by Gasteiger charge is 2.26. The number of ether oxygens (including phenoxy) is 2. The van der Waals surface area contributed by atoms with Gasteiger partial charge in [0.1, 0.15) is 12.4 Å². The van der Waals surface area contributed by atoms with Gasteiger partial charge in [-0.25, -0.2) is 13.1 Å². The van der Waals surface area contributed by atoms with E-state index in [2.05, 4.69) is 4.72 Å². The number of rotatable bonds is 6. The molecule has 1 aromatic rings. The lowest BCUT2D eigenvalue weighted by Crippen LogP contribution is -2.39. The summed E-state index contributed by atoms with van der Waals surface area (Å²) in [6.45, 7) is 1.55. The number of hydrogen-bond acceptors (Lipinski definition) is 5. The molecule has 0 aromatic heterocycles. The highest BCUT2D eigenvalue weighted by Crippen LogP contribution is 2.15. The summed E-state index contributed by atoms with van der Waals surface area (Å²) in [5, 5.41) is -0.354. The van der Waals surface area contributed by atoms with E-state index in [1.807, 2.05) is 0 Å². The summed E-state index contributed by atoms with van der Waals surface area (Å²) in [5.74, 6) is 0.671. The van der Waals surface area contributed by atoms with Gasteiger partial charge in [-0.1, -0.05) is 0 Å². The molecule has 1 aliphatic rings. The summed E-state index contributed by atoms with van der Waals surface area (Å²) in [5.41, 5.74) is 6.23. The van der Waals surface area contributed by atoms with Crippen molar-refractivity contribution in [2.75, 3.05) is 32.1 Å². The van der Waals surface area contributed by atoms with Gasteiger partial charge in [0.15, 0.2) is 0 Å². The summed E-state index contributed by atoms with van der Waals surface area (Å²) in [6.07, 6.45) is 1.10. The predicted molar refractivity (Wildman–Crippen MR) is 77.1 cm³/mol. The van der Waals surface area contributed by atoms with Gasteiger partial charge in [-0.2, -0.15) is 0 Å². The quantitative estimate of drug-likeness (QED) is 0.597. The van der Waals surface area contributed by atoms with Gasteiger partial charge < -0.3 is 15.2 Å². The molecule has 0 bridgehead atoms. The van der Waals surface area contributed by atoms with Crippen LogP contribution in [0.4, 0.5) is 5.69 Å². The molecule has 0 spiro atoms. The lowest BCUT2D eigenvalue weighted by Gasteiger charge is -2.22. The summed E-state index contributed by atoms with van der Waals surface area (Å²) in [4.78, 5) is 0. The Balaban J connectivity index is 1.73. The second kappa shape index (κ2) is 6.92. The number of sulfonamides is 1. The zero-order chi connectivity index (χ0) is 14.4. The molecule has 0 aliphatic carbocycles. The van der Waals surface area contributed by atoms with Crippen LogP contribution in [-0.4, -0.2) is 40.0 Å². The van der Waals surface area contributed by atoms with Gasteiger partial charge in [0.2, 0.25) is 10.0 Å². The van der Waals surface area contributed by atoms with Gasteiger partial charge in [-0.3, -0.25) is 0 Å². The van der Waals surface area contributed by atoms with Crippen molar-refractivity contribution in [2.45, 2.75) is 18.1 Å². The van der Waals surface area contributed by atoms with Crippen LogP contribution in [0.5, 0.6) is 5.75 Å². The standard InChI is InChI=1S/C13H20N2O4S/c14-11-1-3-12(4-2-11)19-10-7-15-20(16,17)13-5-8-18-9-6-13/h1-4,13,15H,5-10,14H2. The van der Waals surface area contributed by atoms with E-state index >= 15 is 0 Å². The number of nitrogens with two attached hydrogens (primary N) is 1. The van der Waals surface area contributed by atoms with Gasteiger partial charge in [0, 0.05) is 25.4 Å². The monoisotopic (exact) mass is 300 g/mol. The van der Waals surface area contributed by atoms with Crippen LogP contribution in [0, 0.1) is 0 Å². The van der Waals surface area contributed by atoms with Gasteiger partial charge in [-0.15, -0.1) is 0 Å². The Bertz CT molecular complexity index is 510. The van der Waals surface area contributed by atoms with Crippen LogP contribution in [0.2, 0.25) is 0 Å². The molecule has 2 rings (SSSR count). The van der Waals surface area contributed by atoms with E-state index in [-0.39, 0.29) is 18.4 Å². The van der Waals surface area contributed by atoms with Crippen molar-refractivity contribution in [3.05, 3.63) is 24.3 Å². The van der Waals surface area contributed by atoms with E-state index in [1.54, 1.807) is 24.3 Å². The fraction of sp³-hybridized carbons (Fsp3) is 0.538. The van der Waals surface area contributed by atoms with Crippen LogP contribution in [-0.2, 0) is 14.8 Å². The van der Waals surface area contributed by atoms with Crippen molar-refractivity contribution in [1.82, 2.24) is 4.72 Å². The minimum absolute atomic E-state index is 0.254. The summed E-state index contributed by atoms with van der Waals surface area (Å²) in [7, 11) is -3.27. The van der Waals surface area contributed by atoms with Crippen molar-refractivity contribution in [2.24, 2.45) is 0 Å². The van der Waals surface area contributed by atoms with Crippen molar-refractivity contribution in [3.8, 4) is 5.75 Å². The van der Waals surface area contributed by atoms with Crippen LogP contribution in [0.15, 0.2) is 24.3 Å². The van der Waals surface area contributed by atoms with E-state index in [9.17, 15) is 8.42 Å². The molecular weight excluding hydrogens is 280 g/mol. The Morgan fingerprint density at radius 1 is 1.25 bits per heavy atom. The van der Waals surface area contributed by atoms with Crippen molar-refractivity contribution >= 4 is 15.7 Å². The largest absolute Gasteiger partial charge is 0.492 e. The first-order valence-corrected chi connectivity index (χ1v) is 8.17. The molecule has 1 saturated heterocycles. The molecule has 0 amide bonds. The fourth-order valence-electron chi connectivity index (χ4n) is 2.02. The molecule has 1 aromatic carbocycles. The molecule has 1 fully saturated rings. The van der Waals surface area contributed by atoms with Gasteiger partial charge in [0.05, 0.1) is 5.25 Å². The molecule has 1 aliphatic heterocycles. The highest BCUT2D eigenvalue weighted by molar-refractivity contribution is 7.90. The molecule has 0 saturated carbocycles. The second-order valence-corrected chi connectivity index (χ2v) is 6.71. The van der Waals surface area contributed by atoms with Crippen LogP contribution < -0.4 is 15.2 Å². The maximum atomic E-state index is 12.0. The number of anilines is 1. The third-order valence-corrected chi connectivity index (χ3v) is 5.12. The van der Waals surface area contributed by atoms with Crippen molar-refractivity contribution < 1.29 is 17.9 Å². The number of benzene rings is 1. The highest BCUT2D eigenvalue weighted by atomic mass is 32.2. The number of nitrogens with one attached hydrogen (secondary N) is 1. The van der Waals surface area contributed by atoms with Crippen LogP contribution >= 0.6 is 0 Å². The number of nitrogen functional groups attached to an aromatic ring is 1.